The summed E-state index contributed by atoms with van der Waals surface area (Å²) in [5, 5.41) is 20.8. The molecule has 0 aliphatic heterocycles. The molecule has 16 heavy (non-hydrogen) atoms. The maximum Gasteiger partial charge on any atom is 2.00 e. The van der Waals surface area contributed by atoms with Crippen molar-refractivity contribution >= 4 is 60.8 Å². The van der Waals surface area contributed by atoms with E-state index in [1.165, 1.54) is 6.42 Å². The molecule has 0 saturated carbocycles. The zero-order valence-electron chi connectivity index (χ0n) is 9.87. The molecular weight excluding hydrogens is 333 g/mol. The van der Waals surface area contributed by atoms with Crippen molar-refractivity contribution in [2.75, 3.05) is 0 Å². The minimum absolute atomic E-state index is 0. The van der Waals surface area contributed by atoms with Gasteiger partial charge < -0.3 is 19.8 Å². The maximum absolute atomic E-state index is 10.4. The molecule has 0 fully saturated rings. The SMILES string of the molecule is CCCCCCCCC(C(=O)[O-])C(=O)[O-].[Ba+2]. The molecule has 0 atom stereocenters. The molecule has 0 bridgehead atoms. The fourth-order valence-electron chi connectivity index (χ4n) is 1.46. The summed E-state index contributed by atoms with van der Waals surface area (Å²) in [5.74, 6) is -4.52. The van der Waals surface area contributed by atoms with Crippen LogP contribution < -0.4 is 10.2 Å². The third kappa shape index (κ3) is 9.72. The summed E-state index contributed by atoms with van der Waals surface area (Å²) in [6.45, 7) is 2.11. The van der Waals surface area contributed by atoms with Gasteiger partial charge in [-0.3, -0.25) is 0 Å². The number of hydrogen-bond donors (Lipinski definition) is 0. The summed E-state index contributed by atoms with van der Waals surface area (Å²) >= 11 is 0. The van der Waals surface area contributed by atoms with E-state index in [9.17, 15) is 19.8 Å². The Morgan fingerprint density at radius 2 is 1.38 bits per heavy atom. The molecule has 0 N–H and O–H groups in total. The molecule has 5 heteroatoms. The topological polar surface area (TPSA) is 80.3 Å². The van der Waals surface area contributed by atoms with E-state index in [2.05, 4.69) is 6.92 Å². The fourth-order valence-corrected chi connectivity index (χ4v) is 1.46. The van der Waals surface area contributed by atoms with Gasteiger partial charge in [-0.2, -0.15) is 0 Å². The molecule has 0 aliphatic carbocycles. The van der Waals surface area contributed by atoms with Crippen LogP contribution >= 0.6 is 0 Å². The number of carbonyl (C=O) groups excluding carboxylic acids is 2. The average Bonchev–Trinajstić information content (AvgIpc) is 2.15. The molecule has 0 rings (SSSR count). The van der Waals surface area contributed by atoms with Crippen molar-refractivity contribution in [3.63, 3.8) is 0 Å². The van der Waals surface area contributed by atoms with Crippen molar-refractivity contribution in [1.82, 2.24) is 0 Å². The zero-order valence-corrected chi connectivity index (χ0v) is 14.3. The van der Waals surface area contributed by atoms with E-state index in [1.807, 2.05) is 0 Å². The molecule has 0 unspecified atom stereocenters. The molecule has 0 amide bonds. The van der Waals surface area contributed by atoms with Crippen LogP contribution in [0.4, 0.5) is 0 Å². The van der Waals surface area contributed by atoms with E-state index >= 15 is 0 Å². The fraction of sp³-hybridized carbons (Fsp3) is 0.818. The second-order valence-electron chi connectivity index (χ2n) is 3.75. The van der Waals surface area contributed by atoms with Crippen molar-refractivity contribution in [3.05, 3.63) is 0 Å². The molecule has 0 saturated heterocycles. The number of hydrogen-bond acceptors (Lipinski definition) is 4. The Morgan fingerprint density at radius 1 is 0.938 bits per heavy atom. The largest absolute Gasteiger partial charge is 2.00 e. The summed E-state index contributed by atoms with van der Waals surface area (Å²) in [6.07, 6.45) is 6.08. The summed E-state index contributed by atoms with van der Waals surface area (Å²) in [5.41, 5.74) is 0. The van der Waals surface area contributed by atoms with Gasteiger partial charge >= 0.3 is 48.9 Å². The Balaban J connectivity index is 0. The van der Waals surface area contributed by atoms with Crippen LogP contribution in [0.1, 0.15) is 51.9 Å². The van der Waals surface area contributed by atoms with Crippen molar-refractivity contribution in [2.24, 2.45) is 5.92 Å². The number of unbranched alkanes of at least 4 members (excludes halogenated alkanes) is 5. The van der Waals surface area contributed by atoms with Gasteiger partial charge in [0.05, 0.1) is 11.9 Å². The van der Waals surface area contributed by atoms with E-state index in [0.717, 1.165) is 25.7 Å². The number of carboxylic acid groups (broad SMARTS) is 2. The van der Waals surface area contributed by atoms with Gasteiger partial charge in [-0.05, 0) is 6.42 Å². The third-order valence-corrected chi connectivity index (χ3v) is 2.42. The van der Waals surface area contributed by atoms with Gasteiger partial charge in [0.1, 0.15) is 0 Å². The molecule has 0 aromatic carbocycles. The Labute approximate surface area is 137 Å². The average molecular weight is 352 g/mol. The molecule has 0 radical (unpaired) electrons. The van der Waals surface area contributed by atoms with E-state index in [1.54, 1.807) is 0 Å². The normalized spacial score (nSPS) is 9.88. The standard InChI is InChI=1S/C11H20O4.Ba/c1-2-3-4-5-6-7-8-9(10(12)13)11(14)15;/h9H,2-8H2,1H3,(H,12,13)(H,14,15);/q;+2/p-2. The first-order chi connectivity index (χ1) is 7.09. The van der Waals surface area contributed by atoms with E-state index < -0.39 is 17.9 Å². The first-order valence-electron chi connectivity index (χ1n) is 5.51. The molecular formula is C11H18BaO4. The Bertz CT molecular complexity index is 192. The minimum atomic E-state index is -1.54. The van der Waals surface area contributed by atoms with Gasteiger partial charge in [0, 0.05) is 5.92 Å². The summed E-state index contributed by atoms with van der Waals surface area (Å²) in [7, 11) is 0. The second kappa shape index (κ2) is 12.0. The van der Waals surface area contributed by atoms with Gasteiger partial charge in [0.15, 0.2) is 0 Å². The summed E-state index contributed by atoms with van der Waals surface area (Å²) in [4.78, 5) is 20.8. The first-order valence-corrected chi connectivity index (χ1v) is 5.51. The molecule has 0 aromatic rings. The molecule has 0 spiro atoms. The van der Waals surface area contributed by atoms with Crippen LogP contribution in [0, 0.1) is 5.92 Å². The Morgan fingerprint density at radius 3 is 1.81 bits per heavy atom. The van der Waals surface area contributed by atoms with Gasteiger partial charge in [0.2, 0.25) is 0 Å². The van der Waals surface area contributed by atoms with Crippen molar-refractivity contribution in [2.45, 2.75) is 51.9 Å². The smallest absolute Gasteiger partial charge is 0.549 e. The number of carboxylic acids is 2. The summed E-state index contributed by atoms with van der Waals surface area (Å²) < 4.78 is 0. The zero-order chi connectivity index (χ0) is 11.7. The van der Waals surface area contributed by atoms with E-state index in [4.69, 9.17) is 0 Å². The minimum Gasteiger partial charge on any atom is -0.549 e. The molecule has 0 aromatic heterocycles. The van der Waals surface area contributed by atoms with Gasteiger partial charge in [-0.1, -0.05) is 45.4 Å². The van der Waals surface area contributed by atoms with Crippen molar-refractivity contribution in [1.29, 1.82) is 0 Å². The molecule has 88 valence electrons. The van der Waals surface area contributed by atoms with Gasteiger partial charge in [0.25, 0.3) is 0 Å². The predicted octanol–water partition coefficient (Wildman–Crippen LogP) is -0.528. The van der Waals surface area contributed by atoms with E-state index in [0.29, 0.717) is 6.42 Å². The molecule has 4 nitrogen and oxygen atoms in total. The van der Waals surface area contributed by atoms with Crippen LogP contribution in [0.2, 0.25) is 0 Å². The second-order valence-corrected chi connectivity index (χ2v) is 3.75. The Kier molecular flexibility index (Phi) is 14.1. The Hall–Kier alpha value is 0.511. The van der Waals surface area contributed by atoms with Crippen LogP contribution in [0.25, 0.3) is 0 Å². The maximum atomic E-state index is 10.4. The predicted molar refractivity (Wildman–Crippen MR) is 57.3 cm³/mol. The van der Waals surface area contributed by atoms with Gasteiger partial charge in [-0.15, -0.1) is 0 Å². The summed E-state index contributed by atoms with van der Waals surface area (Å²) in [6, 6.07) is 0. The van der Waals surface area contributed by atoms with Crippen LogP contribution in [-0.2, 0) is 9.59 Å². The molecule has 0 heterocycles. The number of aliphatic carboxylic acids is 2. The first kappa shape index (κ1) is 18.9. The van der Waals surface area contributed by atoms with E-state index in [-0.39, 0.29) is 55.3 Å². The molecule has 0 aliphatic rings. The number of carbonyl (C=O) groups is 2. The van der Waals surface area contributed by atoms with Crippen LogP contribution in [0.3, 0.4) is 0 Å². The van der Waals surface area contributed by atoms with Crippen molar-refractivity contribution in [3.8, 4) is 0 Å². The number of rotatable bonds is 9. The van der Waals surface area contributed by atoms with Crippen LogP contribution in [0.5, 0.6) is 0 Å². The third-order valence-electron chi connectivity index (χ3n) is 2.42. The van der Waals surface area contributed by atoms with Crippen LogP contribution in [0.15, 0.2) is 0 Å². The quantitative estimate of drug-likeness (QED) is 0.318. The monoisotopic (exact) mass is 352 g/mol. The van der Waals surface area contributed by atoms with Crippen LogP contribution in [-0.4, -0.2) is 60.8 Å². The van der Waals surface area contributed by atoms with Gasteiger partial charge in [-0.25, -0.2) is 0 Å². The van der Waals surface area contributed by atoms with Crippen molar-refractivity contribution < 1.29 is 19.8 Å².